The van der Waals surface area contributed by atoms with E-state index in [1.54, 1.807) is 7.05 Å². The van der Waals surface area contributed by atoms with Crippen LogP contribution in [0.5, 0.6) is 0 Å². The lowest BCUT2D eigenvalue weighted by Crippen LogP contribution is -2.10. The second-order valence-corrected chi connectivity index (χ2v) is 2.82. The van der Waals surface area contributed by atoms with Crippen molar-refractivity contribution >= 4 is 11.5 Å². The van der Waals surface area contributed by atoms with Crippen LogP contribution < -0.4 is 5.69 Å². The average molecular weight is 130 g/mol. The van der Waals surface area contributed by atoms with Crippen LogP contribution in [-0.4, -0.2) is 8.94 Å². The molecule has 0 bridgehead atoms. The maximum Gasteiger partial charge on any atom is 0.357 e. The van der Waals surface area contributed by atoms with Crippen molar-refractivity contribution in [2.75, 3.05) is 0 Å². The van der Waals surface area contributed by atoms with E-state index in [2.05, 4.69) is 4.98 Å². The van der Waals surface area contributed by atoms with Crippen LogP contribution in [-0.2, 0) is 7.05 Å². The van der Waals surface area contributed by atoms with E-state index in [-0.39, 0.29) is 5.69 Å². The second-order valence-electron chi connectivity index (χ2n) is 1.50. The molecule has 1 aromatic rings. The van der Waals surface area contributed by atoms with E-state index < -0.39 is 0 Å². The van der Waals surface area contributed by atoms with E-state index in [1.165, 1.54) is 15.5 Å². The van der Waals surface area contributed by atoms with Gasteiger partial charge in [-0.3, -0.25) is 0 Å². The predicted octanol–water partition coefficient (Wildman–Crippen LogP) is 0.150. The standard InChI is InChI=1S/C4H6N2OS/c1-3-5-4(7)6(2)8-3/h1-2H3. The minimum absolute atomic E-state index is 0.160. The zero-order chi connectivity index (χ0) is 6.15. The van der Waals surface area contributed by atoms with Crippen LogP contribution in [0.15, 0.2) is 4.79 Å². The Bertz CT molecular complexity index is 236. The summed E-state index contributed by atoms with van der Waals surface area (Å²) in [7, 11) is 1.70. The van der Waals surface area contributed by atoms with Gasteiger partial charge in [0.2, 0.25) is 0 Å². The highest BCUT2D eigenvalue weighted by atomic mass is 32.1. The SMILES string of the molecule is Cc1nc(=O)n(C)s1. The molecule has 1 heterocycles. The molecule has 0 aromatic carbocycles. The van der Waals surface area contributed by atoms with Crippen molar-refractivity contribution in [3.63, 3.8) is 0 Å². The molecule has 0 unspecified atom stereocenters. The topological polar surface area (TPSA) is 34.9 Å². The molecule has 44 valence electrons. The Labute approximate surface area is 50.8 Å². The summed E-state index contributed by atoms with van der Waals surface area (Å²) >= 11 is 1.36. The van der Waals surface area contributed by atoms with Crippen molar-refractivity contribution in [1.82, 2.24) is 8.94 Å². The summed E-state index contributed by atoms with van der Waals surface area (Å²) in [5.41, 5.74) is -0.160. The van der Waals surface area contributed by atoms with Gasteiger partial charge in [-0.2, -0.15) is 4.98 Å². The third-order valence-corrected chi connectivity index (χ3v) is 1.58. The van der Waals surface area contributed by atoms with Crippen LogP contribution in [0.2, 0.25) is 0 Å². The molecule has 0 saturated heterocycles. The molecular weight excluding hydrogens is 124 g/mol. The first-order valence-corrected chi connectivity index (χ1v) is 2.98. The van der Waals surface area contributed by atoms with Gasteiger partial charge in [0.15, 0.2) is 0 Å². The molecule has 0 aliphatic carbocycles. The van der Waals surface area contributed by atoms with Crippen LogP contribution >= 0.6 is 11.5 Å². The van der Waals surface area contributed by atoms with E-state index in [0.717, 1.165) is 5.01 Å². The fourth-order valence-corrected chi connectivity index (χ4v) is 1.10. The van der Waals surface area contributed by atoms with Crippen molar-refractivity contribution in [1.29, 1.82) is 0 Å². The summed E-state index contributed by atoms with van der Waals surface area (Å²) < 4.78 is 1.50. The molecule has 0 amide bonds. The molecule has 4 heteroatoms. The maximum atomic E-state index is 10.5. The zero-order valence-corrected chi connectivity index (χ0v) is 5.53. The van der Waals surface area contributed by atoms with Gasteiger partial charge in [0.25, 0.3) is 0 Å². The third kappa shape index (κ3) is 0.790. The molecule has 0 atom stereocenters. The Morgan fingerprint density at radius 2 is 2.38 bits per heavy atom. The van der Waals surface area contributed by atoms with Gasteiger partial charge in [-0.15, -0.1) is 0 Å². The van der Waals surface area contributed by atoms with Crippen LogP contribution in [0.25, 0.3) is 0 Å². The average Bonchev–Trinajstić information content (AvgIpc) is 1.85. The minimum Gasteiger partial charge on any atom is -0.249 e. The highest BCUT2D eigenvalue weighted by molar-refractivity contribution is 7.05. The molecule has 1 rings (SSSR count). The monoisotopic (exact) mass is 130 g/mol. The van der Waals surface area contributed by atoms with E-state index in [4.69, 9.17) is 0 Å². The van der Waals surface area contributed by atoms with E-state index in [1.807, 2.05) is 6.92 Å². The van der Waals surface area contributed by atoms with Crippen molar-refractivity contribution in [2.24, 2.45) is 7.05 Å². The lowest BCUT2D eigenvalue weighted by atomic mass is 10.8. The number of nitrogens with zero attached hydrogens (tertiary/aromatic N) is 2. The summed E-state index contributed by atoms with van der Waals surface area (Å²) in [4.78, 5) is 14.1. The quantitative estimate of drug-likeness (QED) is 0.501. The molecule has 0 spiro atoms. The first-order chi connectivity index (χ1) is 3.70. The van der Waals surface area contributed by atoms with Gasteiger partial charge in [-0.1, -0.05) is 0 Å². The molecule has 3 nitrogen and oxygen atoms in total. The Hall–Kier alpha value is -0.640. The molecule has 0 N–H and O–H groups in total. The molecule has 0 aliphatic heterocycles. The maximum absolute atomic E-state index is 10.5. The fraction of sp³-hybridized carbons (Fsp3) is 0.500. The Morgan fingerprint density at radius 1 is 1.75 bits per heavy atom. The lowest BCUT2D eigenvalue weighted by Gasteiger charge is -1.75. The molecule has 0 saturated carbocycles. The van der Waals surface area contributed by atoms with E-state index in [9.17, 15) is 4.79 Å². The molecule has 8 heavy (non-hydrogen) atoms. The van der Waals surface area contributed by atoms with Gasteiger partial charge < -0.3 is 0 Å². The van der Waals surface area contributed by atoms with E-state index in [0.29, 0.717) is 0 Å². The van der Waals surface area contributed by atoms with Gasteiger partial charge in [-0.05, 0) is 18.5 Å². The van der Waals surface area contributed by atoms with Gasteiger partial charge in [0.05, 0.1) is 0 Å². The smallest absolute Gasteiger partial charge is 0.249 e. The summed E-state index contributed by atoms with van der Waals surface area (Å²) in [6.07, 6.45) is 0. The first-order valence-electron chi connectivity index (χ1n) is 2.21. The van der Waals surface area contributed by atoms with Gasteiger partial charge >= 0.3 is 5.69 Å². The van der Waals surface area contributed by atoms with Crippen molar-refractivity contribution < 1.29 is 0 Å². The number of hydrogen-bond acceptors (Lipinski definition) is 3. The van der Waals surface area contributed by atoms with Gasteiger partial charge in [0.1, 0.15) is 5.01 Å². The van der Waals surface area contributed by atoms with Crippen LogP contribution in [0.1, 0.15) is 5.01 Å². The van der Waals surface area contributed by atoms with Crippen molar-refractivity contribution in [3.8, 4) is 0 Å². The van der Waals surface area contributed by atoms with Crippen molar-refractivity contribution in [2.45, 2.75) is 6.92 Å². The lowest BCUT2D eigenvalue weighted by molar-refractivity contribution is 0.928. The molecule has 0 fully saturated rings. The number of aryl methyl sites for hydroxylation is 2. The molecule has 0 aliphatic rings. The second kappa shape index (κ2) is 1.70. The number of aromatic nitrogens is 2. The number of rotatable bonds is 0. The Kier molecular flexibility index (Phi) is 1.17. The Morgan fingerprint density at radius 3 is 2.50 bits per heavy atom. The molecule has 1 aromatic heterocycles. The van der Waals surface area contributed by atoms with Crippen molar-refractivity contribution in [3.05, 3.63) is 15.5 Å². The van der Waals surface area contributed by atoms with Crippen LogP contribution in [0.4, 0.5) is 0 Å². The summed E-state index contributed by atoms with van der Waals surface area (Å²) in [5.74, 6) is 0. The van der Waals surface area contributed by atoms with Gasteiger partial charge in [0, 0.05) is 7.05 Å². The number of hydrogen-bond donors (Lipinski definition) is 0. The minimum atomic E-state index is -0.160. The normalized spacial score (nSPS) is 9.75. The molecule has 0 radical (unpaired) electrons. The predicted molar refractivity (Wildman–Crippen MR) is 32.1 cm³/mol. The zero-order valence-electron chi connectivity index (χ0n) is 4.71. The highest BCUT2D eigenvalue weighted by Gasteiger charge is 1.93. The molecular formula is C4H6N2OS. The Balaban J connectivity index is 3.35. The summed E-state index contributed by atoms with van der Waals surface area (Å²) in [6.45, 7) is 1.81. The fourth-order valence-electron chi connectivity index (χ4n) is 0.463. The van der Waals surface area contributed by atoms with Gasteiger partial charge in [-0.25, -0.2) is 8.75 Å². The van der Waals surface area contributed by atoms with Crippen LogP contribution in [0.3, 0.4) is 0 Å². The summed E-state index contributed by atoms with van der Waals surface area (Å²) in [5, 5.41) is 0.817. The first kappa shape index (κ1) is 5.50. The highest BCUT2D eigenvalue weighted by Crippen LogP contribution is 1.93. The summed E-state index contributed by atoms with van der Waals surface area (Å²) in [6, 6.07) is 0. The van der Waals surface area contributed by atoms with Crippen LogP contribution in [0, 0.1) is 6.92 Å². The third-order valence-electron chi connectivity index (χ3n) is 0.792. The van der Waals surface area contributed by atoms with E-state index >= 15 is 0 Å². The largest absolute Gasteiger partial charge is 0.357 e.